The van der Waals surface area contributed by atoms with Gasteiger partial charge in [0.1, 0.15) is 0 Å². The van der Waals surface area contributed by atoms with Crippen LogP contribution in [-0.4, -0.2) is 32.8 Å². The van der Waals surface area contributed by atoms with Gasteiger partial charge in [0.25, 0.3) is 0 Å². The van der Waals surface area contributed by atoms with E-state index < -0.39 is 15.3 Å². The fourth-order valence-corrected chi connectivity index (χ4v) is 3.72. The largest absolute Gasteiger partial charge is 0.316 e. The van der Waals surface area contributed by atoms with Crippen molar-refractivity contribution in [2.24, 2.45) is 11.8 Å². The molecule has 2 fully saturated rings. The second kappa shape index (κ2) is 3.74. The lowest BCUT2D eigenvalue weighted by Gasteiger charge is -2.11. The number of sulfonamides is 1. The maximum atomic E-state index is 11.7. The van der Waals surface area contributed by atoms with Gasteiger partial charge in [0.05, 0.1) is 6.07 Å². The Balaban J connectivity index is 1.97. The quantitative estimate of drug-likeness (QED) is 0.676. The molecule has 0 bridgehead atoms. The summed E-state index contributed by atoms with van der Waals surface area (Å²) in [4.78, 5) is 0. The molecule has 0 aromatic heterocycles. The third-order valence-corrected chi connectivity index (χ3v) is 5.07. The average molecular weight is 229 g/mol. The van der Waals surface area contributed by atoms with Crippen LogP contribution < -0.4 is 10.0 Å². The zero-order chi connectivity index (χ0) is 11.1. The first-order valence-corrected chi connectivity index (χ1v) is 6.76. The van der Waals surface area contributed by atoms with Gasteiger partial charge in [-0.15, -0.1) is 0 Å². The molecule has 1 aliphatic heterocycles. The van der Waals surface area contributed by atoms with Crippen LogP contribution in [0.2, 0.25) is 0 Å². The number of fused-ring (bicyclic) bond motifs is 1. The molecule has 2 N–H and O–H groups in total. The van der Waals surface area contributed by atoms with E-state index >= 15 is 0 Å². The Bertz CT molecular complexity index is 377. The smallest absolute Gasteiger partial charge is 0.228 e. The van der Waals surface area contributed by atoms with Gasteiger partial charge in [0.15, 0.2) is 5.25 Å². The van der Waals surface area contributed by atoms with Crippen molar-refractivity contribution in [3.8, 4) is 6.07 Å². The maximum absolute atomic E-state index is 11.7. The maximum Gasteiger partial charge on any atom is 0.228 e. The first-order valence-electron chi connectivity index (χ1n) is 5.21. The van der Waals surface area contributed by atoms with E-state index in [0.29, 0.717) is 18.3 Å². The SMILES string of the molecule is CCC(C#N)S(=O)(=O)NC1C2CNCC21. The molecule has 0 aromatic rings. The Labute approximate surface area is 89.9 Å². The van der Waals surface area contributed by atoms with Crippen LogP contribution in [0.15, 0.2) is 0 Å². The fourth-order valence-electron chi connectivity index (χ4n) is 2.25. The molecular formula is C9H15N3O2S. The van der Waals surface area contributed by atoms with E-state index in [2.05, 4.69) is 10.0 Å². The predicted molar refractivity (Wildman–Crippen MR) is 55.4 cm³/mol. The van der Waals surface area contributed by atoms with Gasteiger partial charge in [-0.05, 0) is 31.3 Å². The van der Waals surface area contributed by atoms with Gasteiger partial charge in [-0.25, -0.2) is 13.1 Å². The van der Waals surface area contributed by atoms with Crippen LogP contribution in [0.25, 0.3) is 0 Å². The summed E-state index contributed by atoms with van der Waals surface area (Å²) in [5.41, 5.74) is 0. The molecule has 0 spiro atoms. The van der Waals surface area contributed by atoms with E-state index in [0.717, 1.165) is 13.1 Å². The summed E-state index contributed by atoms with van der Waals surface area (Å²) in [7, 11) is -3.44. The van der Waals surface area contributed by atoms with Gasteiger partial charge in [-0.1, -0.05) is 6.92 Å². The van der Waals surface area contributed by atoms with Crippen molar-refractivity contribution in [3.63, 3.8) is 0 Å². The minimum atomic E-state index is -3.44. The van der Waals surface area contributed by atoms with Crippen LogP contribution in [-0.2, 0) is 10.0 Å². The van der Waals surface area contributed by atoms with Crippen LogP contribution in [0.1, 0.15) is 13.3 Å². The normalized spacial score (nSPS) is 35.6. The van der Waals surface area contributed by atoms with E-state index in [9.17, 15) is 8.42 Å². The van der Waals surface area contributed by atoms with Gasteiger partial charge in [0.2, 0.25) is 10.0 Å². The van der Waals surface area contributed by atoms with Gasteiger partial charge in [-0.2, -0.15) is 5.26 Å². The average Bonchev–Trinajstić information content (AvgIpc) is 2.64. The minimum absolute atomic E-state index is 0.0682. The summed E-state index contributed by atoms with van der Waals surface area (Å²) >= 11 is 0. The van der Waals surface area contributed by atoms with Crippen molar-refractivity contribution in [1.82, 2.24) is 10.0 Å². The highest BCUT2D eigenvalue weighted by molar-refractivity contribution is 7.90. The molecule has 6 heteroatoms. The molecule has 84 valence electrons. The molecule has 3 unspecified atom stereocenters. The molecule has 2 aliphatic rings. The van der Waals surface area contributed by atoms with Gasteiger partial charge in [0, 0.05) is 6.04 Å². The fraction of sp³-hybridized carbons (Fsp3) is 0.889. The van der Waals surface area contributed by atoms with Crippen molar-refractivity contribution in [3.05, 3.63) is 0 Å². The van der Waals surface area contributed by atoms with Crippen LogP contribution in [0.3, 0.4) is 0 Å². The first-order chi connectivity index (χ1) is 7.10. The molecule has 0 radical (unpaired) electrons. The number of rotatable bonds is 4. The van der Waals surface area contributed by atoms with Crippen LogP contribution >= 0.6 is 0 Å². The van der Waals surface area contributed by atoms with E-state index in [1.165, 1.54) is 0 Å². The molecule has 1 saturated heterocycles. The molecule has 0 amide bonds. The van der Waals surface area contributed by atoms with E-state index in [-0.39, 0.29) is 6.04 Å². The van der Waals surface area contributed by atoms with Crippen molar-refractivity contribution in [2.75, 3.05) is 13.1 Å². The van der Waals surface area contributed by atoms with Crippen molar-refractivity contribution >= 4 is 10.0 Å². The molecular weight excluding hydrogens is 214 g/mol. The summed E-state index contributed by atoms with van der Waals surface area (Å²) < 4.78 is 26.1. The molecule has 3 atom stereocenters. The Morgan fingerprint density at radius 2 is 2.13 bits per heavy atom. The lowest BCUT2D eigenvalue weighted by Crippen LogP contribution is -2.38. The number of hydrogen-bond donors (Lipinski definition) is 2. The zero-order valence-corrected chi connectivity index (χ0v) is 9.42. The Morgan fingerprint density at radius 3 is 2.60 bits per heavy atom. The monoisotopic (exact) mass is 229 g/mol. The van der Waals surface area contributed by atoms with Crippen molar-refractivity contribution in [1.29, 1.82) is 5.26 Å². The molecule has 0 aromatic carbocycles. The highest BCUT2D eigenvalue weighted by Crippen LogP contribution is 2.42. The van der Waals surface area contributed by atoms with Gasteiger partial charge < -0.3 is 5.32 Å². The standard InChI is InChI=1S/C9H15N3O2S/c1-2-6(3-10)15(13,14)12-9-7-4-11-5-8(7)9/h6-9,11-12H,2,4-5H2,1H3. The van der Waals surface area contributed by atoms with E-state index in [1.807, 2.05) is 6.07 Å². The summed E-state index contributed by atoms with van der Waals surface area (Å²) in [5, 5.41) is 11.0. The molecule has 1 aliphatic carbocycles. The topological polar surface area (TPSA) is 82.0 Å². The van der Waals surface area contributed by atoms with Gasteiger partial charge in [-0.3, -0.25) is 0 Å². The summed E-state index contributed by atoms with van der Waals surface area (Å²) in [6.07, 6.45) is 0.339. The third-order valence-electron chi connectivity index (χ3n) is 3.28. The Kier molecular flexibility index (Phi) is 2.71. The van der Waals surface area contributed by atoms with Crippen LogP contribution in [0, 0.1) is 23.2 Å². The number of piperidine rings is 1. The van der Waals surface area contributed by atoms with Crippen molar-refractivity contribution < 1.29 is 8.42 Å². The van der Waals surface area contributed by atoms with E-state index in [4.69, 9.17) is 5.26 Å². The summed E-state index contributed by atoms with van der Waals surface area (Å²) in [6, 6.07) is 1.89. The Morgan fingerprint density at radius 1 is 1.53 bits per heavy atom. The molecule has 1 heterocycles. The molecule has 1 saturated carbocycles. The van der Waals surface area contributed by atoms with Crippen LogP contribution in [0.4, 0.5) is 0 Å². The highest BCUT2D eigenvalue weighted by Gasteiger charge is 2.54. The lowest BCUT2D eigenvalue weighted by molar-refractivity contribution is 0.557. The predicted octanol–water partition coefficient (Wildman–Crippen LogP) is -0.574. The number of nitrogens with one attached hydrogen (secondary N) is 2. The molecule has 15 heavy (non-hydrogen) atoms. The highest BCUT2D eigenvalue weighted by atomic mass is 32.2. The summed E-state index contributed by atoms with van der Waals surface area (Å²) in [6.45, 7) is 3.49. The first kappa shape index (κ1) is 10.9. The van der Waals surface area contributed by atoms with E-state index in [1.54, 1.807) is 6.92 Å². The van der Waals surface area contributed by atoms with Crippen LogP contribution in [0.5, 0.6) is 0 Å². The summed E-state index contributed by atoms with van der Waals surface area (Å²) in [5.74, 6) is 0.881. The minimum Gasteiger partial charge on any atom is -0.316 e. The zero-order valence-electron chi connectivity index (χ0n) is 8.60. The number of hydrogen-bond acceptors (Lipinski definition) is 4. The molecule has 2 rings (SSSR count). The third kappa shape index (κ3) is 1.87. The second-order valence-corrected chi connectivity index (χ2v) is 6.10. The number of nitrogens with zero attached hydrogens (tertiary/aromatic N) is 1. The number of nitriles is 1. The Hall–Kier alpha value is -0.640. The molecule has 5 nitrogen and oxygen atoms in total. The second-order valence-electron chi connectivity index (χ2n) is 4.20. The van der Waals surface area contributed by atoms with Crippen molar-refractivity contribution in [2.45, 2.75) is 24.6 Å². The lowest BCUT2D eigenvalue weighted by atomic mass is 10.4. The van der Waals surface area contributed by atoms with Gasteiger partial charge >= 0.3 is 0 Å².